The zero-order valence-electron chi connectivity index (χ0n) is 31.7. The summed E-state index contributed by atoms with van der Waals surface area (Å²) in [4.78, 5) is 67.3. The van der Waals surface area contributed by atoms with E-state index in [9.17, 15) is 34.5 Å². The molecule has 15 nitrogen and oxygen atoms in total. The molecule has 12 atom stereocenters. The number of aliphatic hydroxyl groups excluding tert-OH is 1. The maximum atomic E-state index is 15.0. The topological polar surface area (TPSA) is 213 Å². The zero-order chi connectivity index (χ0) is 39.3. The molecule has 1 aromatic rings. The van der Waals surface area contributed by atoms with Gasteiger partial charge < -0.3 is 48.8 Å². The van der Waals surface area contributed by atoms with E-state index in [4.69, 9.17) is 28.2 Å². The van der Waals surface area contributed by atoms with Crippen molar-refractivity contribution in [3.63, 3.8) is 0 Å². The molecular formula is C37H48Ac2NO14P. The first-order valence-corrected chi connectivity index (χ1v) is 17.8. The van der Waals surface area contributed by atoms with Gasteiger partial charge in [-0.25, -0.2) is 14.4 Å². The van der Waals surface area contributed by atoms with Gasteiger partial charge in [-0.05, 0) is 44.1 Å². The summed E-state index contributed by atoms with van der Waals surface area (Å²) in [6.45, 7) is 11.8. The van der Waals surface area contributed by atoms with Crippen LogP contribution in [0.1, 0.15) is 64.7 Å². The van der Waals surface area contributed by atoms with Crippen molar-refractivity contribution in [2.75, 3.05) is 13.2 Å². The number of rotatable bonds is 10. The molecule has 18 heteroatoms. The Balaban J connectivity index is 0.00000406. The number of hydrogen-bond donors (Lipinski definition) is 4. The molecule has 0 spiro atoms. The third kappa shape index (κ3) is 8.61. The van der Waals surface area contributed by atoms with Gasteiger partial charge in [0, 0.05) is 129 Å². The van der Waals surface area contributed by atoms with Crippen molar-refractivity contribution in [3.05, 3.63) is 59.7 Å². The second kappa shape index (κ2) is 18.6. The molecule has 3 fully saturated rings. The number of hydrogen-bond acceptors (Lipinski definition) is 14. The Bertz CT molecular complexity index is 1690. The molecule has 1 saturated heterocycles. The summed E-state index contributed by atoms with van der Waals surface area (Å²) in [5.41, 5.74) is -7.59. The minimum Gasteiger partial charge on any atom is -0.456 e. The molecule has 1 aliphatic heterocycles. The Morgan fingerprint density at radius 2 is 1.73 bits per heavy atom. The average molecular weight is 1220 g/mol. The van der Waals surface area contributed by atoms with E-state index in [-0.39, 0.29) is 124 Å². The zero-order valence-corrected chi connectivity index (χ0v) is 42.3. The van der Waals surface area contributed by atoms with Crippen LogP contribution in [-0.2, 0) is 42.6 Å². The molecule has 4 aliphatic rings. The molecule has 2 radical (unpaired) electrons. The standard InChI is InChI=1S/C37H48NO14P.2Ac/c1-8-14-47-33(44)50-23-15-24-36(45,17-48-24)28-30(51-31(42)21-12-10-9-11-13-21)37(46)16-22(49-32(43)27(52-53)19(3)38-20(4)39)18(2)25(34(37,5)6)26(40)29(41)35(23,28)7;;/h8-13,19,22-24,26-28,30,40,45-46H,1,14-17,53H2,2-7H3,(H,38,39);;/t19-,22?,23?,24?,26?,27?,28?,30?,35+,36?,37?;;/m0../s1. The molecule has 2 bridgehead atoms. The number of ketones is 1. The maximum Gasteiger partial charge on any atom is 0.508 e. The largest absolute Gasteiger partial charge is 0.508 e. The van der Waals surface area contributed by atoms with Crippen molar-refractivity contribution in [2.24, 2.45) is 16.7 Å². The molecule has 0 aromatic heterocycles. The van der Waals surface area contributed by atoms with Crippen LogP contribution in [0.15, 0.2) is 54.1 Å². The predicted molar refractivity (Wildman–Crippen MR) is 188 cm³/mol. The van der Waals surface area contributed by atoms with E-state index in [1.54, 1.807) is 32.0 Å². The Morgan fingerprint density at radius 1 is 1.09 bits per heavy atom. The number of carbonyl (C=O) groups excluding carboxylic acids is 5. The van der Waals surface area contributed by atoms with Gasteiger partial charge in [-0.3, -0.25) is 9.59 Å². The Hall–Kier alpha value is -0.837. The summed E-state index contributed by atoms with van der Waals surface area (Å²) in [6, 6.07) is 7.02. The summed E-state index contributed by atoms with van der Waals surface area (Å²) in [5, 5.41) is 40.5. The SMILES string of the molecule is C=CCOC(=O)OC1CC2OCC2(O)C2C(OC(=O)c3ccccc3)C3(O)CC(OC(=O)C(OP)[C@H](C)NC(C)=O)C(C)=C(C(O)C(=O)[C@]12C)C3(C)C.[Ac].[Ac]. The minimum absolute atomic E-state index is 0. The molecular weight excluding hydrogens is 1170 g/mol. The minimum atomic E-state index is -2.30. The molecule has 3 aliphatic carbocycles. The number of fused-ring (bicyclic) bond motifs is 5. The number of carbonyl (C=O) groups is 5. The number of aliphatic hydroxyl groups is 3. The number of benzene rings is 1. The fraction of sp³-hybridized carbons (Fsp3) is 0.595. The number of amides is 1. The normalized spacial score (nSPS) is 34.1. The molecule has 1 aromatic carbocycles. The van der Waals surface area contributed by atoms with Crippen molar-refractivity contribution in [1.29, 1.82) is 0 Å². The Kier molecular flexibility index (Phi) is 16.4. The van der Waals surface area contributed by atoms with Gasteiger partial charge in [0.15, 0.2) is 11.9 Å². The van der Waals surface area contributed by atoms with Crippen molar-refractivity contribution in [3.8, 4) is 0 Å². The second-order valence-corrected chi connectivity index (χ2v) is 15.3. The summed E-state index contributed by atoms with van der Waals surface area (Å²) in [7, 11) is 1.95. The Morgan fingerprint density at radius 3 is 2.27 bits per heavy atom. The molecule has 2 saturated carbocycles. The van der Waals surface area contributed by atoms with E-state index in [0.29, 0.717) is 0 Å². The van der Waals surface area contributed by atoms with Gasteiger partial charge in [0.05, 0.1) is 29.7 Å². The maximum absolute atomic E-state index is 15.0. The first-order chi connectivity index (χ1) is 24.8. The number of nitrogens with one attached hydrogen (secondary N) is 1. The van der Waals surface area contributed by atoms with Crippen LogP contribution in [0.4, 0.5) is 4.79 Å². The predicted octanol–water partition coefficient (Wildman–Crippen LogP) is 2.11. The van der Waals surface area contributed by atoms with E-state index in [1.807, 2.05) is 9.47 Å². The summed E-state index contributed by atoms with van der Waals surface area (Å²) >= 11 is 0. The monoisotopic (exact) mass is 1220 g/mol. The van der Waals surface area contributed by atoms with Crippen molar-refractivity contribution in [1.82, 2.24) is 5.32 Å². The third-order valence-corrected chi connectivity index (χ3v) is 12.0. The molecule has 55 heavy (non-hydrogen) atoms. The van der Waals surface area contributed by atoms with Crippen LogP contribution in [0.3, 0.4) is 0 Å². The van der Waals surface area contributed by atoms with Gasteiger partial charge in [0.1, 0.15) is 42.2 Å². The number of Topliss-reactive ketones (excluding diaryl/α,β-unsaturated/α-hetero) is 1. The number of ether oxygens (including phenoxy) is 5. The van der Waals surface area contributed by atoms with Gasteiger partial charge in [-0.1, -0.05) is 44.7 Å². The first-order valence-electron chi connectivity index (χ1n) is 17.3. The second-order valence-electron chi connectivity index (χ2n) is 15.0. The smallest absolute Gasteiger partial charge is 0.456 e. The van der Waals surface area contributed by atoms with E-state index >= 15 is 4.79 Å². The molecule has 1 heterocycles. The first kappa shape index (κ1) is 48.5. The molecule has 4 N–H and O–H groups in total. The van der Waals surface area contributed by atoms with E-state index in [1.165, 1.54) is 45.9 Å². The van der Waals surface area contributed by atoms with Gasteiger partial charge in [-0.2, -0.15) is 0 Å². The van der Waals surface area contributed by atoms with Crippen LogP contribution in [-0.4, -0.2) is 112 Å². The van der Waals surface area contributed by atoms with Gasteiger partial charge in [-0.15, -0.1) is 0 Å². The molecule has 5 rings (SSSR count). The summed E-state index contributed by atoms with van der Waals surface area (Å²) in [5.74, 6) is -4.77. The van der Waals surface area contributed by atoms with Gasteiger partial charge >= 0.3 is 18.1 Å². The molecule has 296 valence electrons. The van der Waals surface area contributed by atoms with Crippen molar-refractivity contribution < 1.29 is 156 Å². The van der Waals surface area contributed by atoms with Gasteiger partial charge in [0.2, 0.25) is 5.91 Å². The van der Waals surface area contributed by atoms with Crippen LogP contribution in [0.5, 0.6) is 0 Å². The van der Waals surface area contributed by atoms with Crippen LogP contribution in [0.2, 0.25) is 0 Å². The Labute approximate surface area is 393 Å². The van der Waals surface area contributed by atoms with Crippen LogP contribution in [0, 0.1) is 105 Å². The number of esters is 2. The van der Waals surface area contributed by atoms with Crippen molar-refractivity contribution in [2.45, 2.75) is 108 Å². The fourth-order valence-electron chi connectivity index (χ4n) is 8.78. The quantitative estimate of drug-likeness (QED) is 0.115. The van der Waals surface area contributed by atoms with Crippen LogP contribution >= 0.6 is 9.47 Å². The third-order valence-electron chi connectivity index (χ3n) is 11.7. The van der Waals surface area contributed by atoms with Crippen LogP contribution in [0.25, 0.3) is 0 Å². The summed E-state index contributed by atoms with van der Waals surface area (Å²) < 4.78 is 34.0. The van der Waals surface area contributed by atoms with Gasteiger partial charge in [0.25, 0.3) is 0 Å². The van der Waals surface area contributed by atoms with E-state index < -0.39 is 107 Å². The summed E-state index contributed by atoms with van der Waals surface area (Å²) in [6.07, 6.45) is -9.42. The van der Waals surface area contributed by atoms with Crippen LogP contribution < -0.4 is 5.32 Å². The average Bonchev–Trinajstić information content (AvgIpc) is 3.09. The molecule has 1 amide bonds. The molecule has 10 unspecified atom stereocenters. The van der Waals surface area contributed by atoms with E-state index in [0.717, 1.165) is 0 Å². The van der Waals surface area contributed by atoms with E-state index in [2.05, 4.69) is 11.9 Å². The van der Waals surface area contributed by atoms with Crippen molar-refractivity contribution >= 4 is 39.3 Å². The fourth-order valence-corrected chi connectivity index (χ4v) is 9.13.